The summed E-state index contributed by atoms with van der Waals surface area (Å²) in [6.45, 7) is 1.44. The fourth-order valence-electron chi connectivity index (χ4n) is 1.70. The summed E-state index contributed by atoms with van der Waals surface area (Å²) >= 11 is 0. The molecule has 3 N–H and O–H groups in total. The number of carbonyl (C=O) groups excluding carboxylic acids is 1. The zero-order chi connectivity index (χ0) is 15.6. The third-order valence-corrected chi connectivity index (χ3v) is 4.58. The van der Waals surface area contributed by atoms with Gasteiger partial charge in [0, 0.05) is 6.04 Å². The fraction of sp³-hybridized carbons (Fsp3) is 0.385. The van der Waals surface area contributed by atoms with Crippen LogP contribution in [0.5, 0.6) is 0 Å². The summed E-state index contributed by atoms with van der Waals surface area (Å²) in [6, 6.07) is 4.18. The zero-order valence-corrected chi connectivity index (χ0v) is 12.2. The Labute approximate surface area is 122 Å². The topological polar surface area (TPSA) is 113 Å². The maximum atomic E-state index is 12.1. The molecule has 2 rings (SSSR count). The van der Waals surface area contributed by atoms with Gasteiger partial charge in [0.25, 0.3) is 0 Å². The highest BCUT2D eigenvalue weighted by Crippen LogP contribution is 2.19. The van der Waals surface area contributed by atoms with Crippen LogP contribution in [0.3, 0.4) is 0 Å². The van der Waals surface area contributed by atoms with Crippen molar-refractivity contribution in [2.24, 2.45) is 0 Å². The normalized spacial score (nSPS) is 16.2. The van der Waals surface area contributed by atoms with Crippen molar-refractivity contribution in [3.05, 3.63) is 29.8 Å². The average Bonchev–Trinajstić information content (AvgIpc) is 3.22. The number of carboxylic acid groups (broad SMARTS) is 1. The second-order valence-corrected chi connectivity index (χ2v) is 6.67. The van der Waals surface area contributed by atoms with E-state index >= 15 is 0 Å². The van der Waals surface area contributed by atoms with Crippen LogP contribution in [0, 0.1) is 0 Å². The van der Waals surface area contributed by atoms with Crippen LogP contribution >= 0.6 is 0 Å². The molecule has 1 fully saturated rings. The number of carbonyl (C=O) groups is 2. The van der Waals surface area contributed by atoms with E-state index < -0.39 is 27.9 Å². The van der Waals surface area contributed by atoms with Crippen molar-refractivity contribution in [3.8, 4) is 0 Å². The molecule has 1 unspecified atom stereocenters. The Morgan fingerprint density at radius 1 is 1.33 bits per heavy atom. The molecular weight excluding hydrogens is 296 g/mol. The third kappa shape index (κ3) is 4.02. The number of sulfonamides is 1. The molecule has 8 heteroatoms. The van der Waals surface area contributed by atoms with Crippen LogP contribution in [0.2, 0.25) is 0 Å². The molecule has 0 heterocycles. The summed E-state index contributed by atoms with van der Waals surface area (Å²) in [5, 5.41) is 11.6. The van der Waals surface area contributed by atoms with Crippen molar-refractivity contribution >= 4 is 21.9 Å². The molecule has 1 amide bonds. The average molecular weight is 312 g/mol. The Bertz CT molecular complexity index is 667. The molecule has 1 atom stereocenters. The molecule has 1 aliphatic rings. The first-order chi connectivity index (χ1) is 9.79. The minimum Gasteiger partial charge on any atom is -0.478 e. The van der Waals surface area contributed by atoms with Crippen LogP contribution in [0.1, 0.15) is 30.1 Å². The molecule has 1 aliphatic carbocycles. The van der Waals surface area contributed by atoms with Gasteiger partial charge >= 0.3 is 5.97 Å². The summed E-state index contributed by atoms with van der Waals surface area (Å²) in [7, 11) is -3.95. The Morgan fingerprint density at radius 2 is 2.00 bits per heavy atom. The number of aromatic carboxylic acids is 1. The quantitative estimate of drug-likeness (QED) is 0.700. The zero-order valence-electron chi connectivity index (χ0n) is 11.4. The van der Waals surface area contributed by atoms with Gasteiger partial charge in [-0.3, -0.25) is 4.79 Å². The molecule has 0 aromatic heterocycles. The van der Waals surface area contributed by atoms with Crippen molar-refractivity contribution in [1.82, 2.24) is 10.0 Å². The van der Waals surface area contributed by atoms with Gasteiger partial charge in [0.15, 0.2) is 0 Å². The van der Waals surface area contributed by atoms with E-state index in [4.69, 9.17) is 5.11 Å². The van der Waals surface area contributed by atoms with E-state index in [0.29, 0.717) is 0 Å². The number of carboxylic acids is 1. The predicted molar refractivity (Wildman–Crippen MR) is 74.3 cm³/mol. The van der Waals surface area contributed by atoms with E-state index in [-0.39, 0.29) is 16.5 Å². The Balaban J connectivity index is 2.11. The second-order valence-electron chi connectivity index (χ2n) is 4.96. The maximum Gasteiger partial charge on any atom is 0.335 e. The van der Waals surface area contributed by atoms with Crippen molar-refractivity contribution in [1.29, 1.82) is 0 Å². The molecule has 114 valence electrons. The second kappa shape index (κ2) is 5.82. The van der Waals surface area contributed by atoms with Crippen molar-refractivity contribution in [3.63, 3.8) is 0 Å². The molecule has 0 aliphatic heterocycles. The van der Waals surface area contributed by atoms with Crippen LogP contribution in [0.15, 0.2) is 29.2 Å². The minimum absolute atomic E-state index is 0.132. The van der Waals surface area contributed by atoms with E-state index in [9.17, 15) is 18.0 Å². The lowest BCUT2D eigenvalue weighted by Crippen LogP contribution is -2.45. The Hall–Kier alpha value is -1.93. The minimum atomic E-state index is -3.95. The molecule has 7 nitrogen and oxygen atoms in total. The number of amides is 1. The molecule has 21 heavy (non-hydrogen) atoms. The summed E-state index contributed by atoms with van der Waals surface area (Å²) in [4.78, 5) is 22.4. The lowest BCUT2D eigenvalue weighted by molar-refractivity contribution is -0.122. The summed E-state index contributed by atoms with van der Waals surface area (Å²) < 4.78 is 26.5. The first-order valence-corrected chi connectivity index (χ1v) is 7.94. The fourth-order valence-corrected chi connectivity index (χ4v) is 2.95. The predicted octanol–water partition coefficient (Wildman–Crippen LogP) is 0.330. The highest BCUT2D eigenvalue weighted by Gasteiger charge is 2.28. The van der Waals surface area contributed by atoms with Gasteiger partial charge in [-0.2, -0.15) is 4.72 Å². The van der Waals surface area contributed by atoms with Crippen LogP contribution in [0.4, 0.5) is 0 Å². The Kier molecular flexibility index (Phi) is 4.29. The third-order valence-electron chi connectivity index (χ3n) is 3.04. The highest BCUT2D eigenvalue weighted by molar-refractivity contribution is 7.89. The van der Waals surface area contributed by atoms with Crippen molar-refractivity contribution < 1.29 is 23.1 Å². The number of rotatable bonds is 6. The van der Waals surface area contributed by atoms with Gasteiger partial charge in [-0.1, -0.05) is 6.07 Å². The van der Waals surface area contributed by atoms with E-state index in [2.05, 4.69) is 10.0 Å². The monoisotopic (exact) mass is 312 g/mol. The molecule has 1 aromatic carbocycles. The van der Waals surface area contributed by atoms with Gasteiger partial charge in [-0.05, 0) is 38.0 Å². The SMILES string of the molecule is CC(NS(=O)(=O)c1cccc(C(=O)O)c1)C(=O)NC1CC1. The molecule has 0 spiro atoms. The lowest BCUT2D eigenvalue weighted by atomic mass is 10.2. The standard InChI is InChI=1S/C13H16N2O5S/c1-8(12(16)14-10-5-6-10)15-21(19,20)11-4-2-3-9(7-11)13(17)18/h2-4,7-8,10,15H,5-6H2,1H3,(H,14,16)(H,17,18). The number of hydrogen-bond donors (Lipinski definition) is 3. The molecule has 0 saturated heterocycles. The lowest BCUT2D eigenvalue weighted by Gasteiger charge is -2.14. The van der Waals surface area contributed by atoms with E-state index in [1.807, 2.05) is 0 Å². The van der Waals surface area contributed by atoms with Crippen molar-refractivity contribution in [2.45, 2.75) is 36.7 Å². The van der Waals surface area contributed by atoms with E-state index in [1.165, 1.54) is 25.1 Å². The summed E-state index contributed by atoms with van der Waals surface area (Å²) in [6.07, 6.45) is 1.82. The maximum absolute atomic E-state index is 12.1. The summed E-state index contributed by atoms with van der Waals surface area (Å²) in [5.41, 5.74) is -0.132. The molecule has 0 radical (unpaired) electrons. The van der Waals surface area contributed by atoms with Gasteiger partial charge in [0.2, 0.25) is 15.9 Å². The first kappa shape index (κ1) is 15.5. The van der Waals surface area contributed by atoms with Gasteiger partial charge in [-0.25, -0.2) is 13.2 Å². The first-order valence-electron chi connectivity index (χ1n) is 6.45. The van der Waals surface area contributed by atoms with Gasteiger partial charge in [0.1, 0.15) is 0 Å². The number of benzene rings is 1. The summed E-state index contributed by atoms with van der Waals surface area (Å²) in [5.74, 6) is -1.61. The molecule has 1 aromatic rings. The van der Waals surface area contributed by atoms with Gasteiger partial charge < -0.3 is 10.4 Å². The van der Waals surface area contributed by atoms with Crippen LogP contribution < -0.4 is 10.0 Å². The number of nitrogens with one attached hydrogen (secondary N) is 2. The van der Waals surface area contributed by atoms with E-state index in [0.717, 1.165) is 18.9 Å². The van der Waals surface area contributed by atoms with Gasteiger partial charge in [-0.15, -0.1) is 0 Å². The Morgan fingerprint density at radius 3 is 2.57 bits per heavy atom. The number of hydrogen-bond acceptors (Lipinski definition) is 4. The molecule has 1 saturated carbocycles. The molecular formula is C13H16N2O5S. The van der Waals surface area contributed by atoms with Gasteiger partial charge in [0.05, 0.1) is 16.5 Å². The van der Waals surface area contributed by atoms with Crippen LogP contribution in [0.25, 0.3) is 0 Å². The van der Waals surface area contributed by atoms with Crippen LogP contribution in [-0.2, 0) is 14.8 Å². The van der Waals surface area contributed by atoms with Crippen LogP contribution in [-0.4, -0.2) is 37.5 Å². The highest BCUT2D eigenvalue weighted by atomic mass is 32.2. The smallest absolute Gasteiger partial charge is 0.335 e. The van der Waals surface area contributed by atoms with E-state index in [1.54, 1.807) is 0 Å². The molecule has 0 bridgehead atoms. The van der Waals surface area contributed by atoms with Crippen molar-refractivity contribution in [2.75, 3.05) is 0 Å². The largest absolute Gasteiger partial charge is 0.478 e.